The van der Waals surface area contributed by atoms with E-state index in [4.69, 9.17) is 10.5 Å². The zero-order valence-corrected chi connectivity index (χ0v) is 14.2. The maximum absolute atomic E-state index is 12.6. The number of hydrogen-bond acceptors (Lipinski definition) is 6. The molecule has 3 aromatic rings. The molecule has 0 spiro atoms. The second-order valence-electron chi connectivity index (χ2n) is 5.75. The van der Waals surface area contributed by atoms with Gasteiger partial charge in [0.25, 0.3) is 5.91 Å². The largest absolute Gasteiger partial charge is 0.492 e. The van der Waals surface area contributed by atoms with E-state index in [-0.39, 0.29) is 5.91 Å². The molecular formula is C18H16N4O2S. The lowest BCUT2D eigenvalue weighted by molar-refractivity contribution is 0.102. The molecule has 1 aliphatic rings. The number of rotatable bonds is 3. The summed E-state index contributed by atoms with van der Waals surface area (Å²) in [5.74, 6) is 0.469. The molecular weight excluding hydrogens is 336 g/mol. The van der Waals surface area contributed by atoms with Gasteiger partial charge >= 0.3 is 0 Å². The van der Waals surface area contributed by atoms with E-state index in [0.717, 1.165) is 34.6 Å². The Kier molecular flexibility index (Phi) is 4.07. The number of aryl methyl sites for hydroxylation is 1. The van der Waals surface area contributed by atoms with Gasteiger partial charge in [-0.3, -0.25) is 9.78 Å². The lowest BCUT2D eigenvalue weighted by Crippen LogP contribution is -2.17. The first-order valence-electron chi connectivity index (χ1n) is 7.92. The molecule has 7 heteroatoms. The van der Waals surface area contributed by atoms with E-state index in [0.29, 0.717) is 23.7 Å². The molecule has 1 amide bonds. The number of nitrogens with zero attached hydrogens (tertiary/aromatic N) is 2. The molecule has 126 valence electrons. The third-order valence-corrected chi connectivity index (χ3v) is 4.87. The minimum absolute atomic E-state index is 0.290. The molecule has 0 saturated carbocycles. The van der Waals surface area contributed by atoms with E-state index >= 15 is 0 Å². The first-order chi connectivity index (χ1) is 12.2. The SMILES string of the molecule is Nc1ccc(-c2cncs2)cc1NC(=O)c1cc2c(cn1)OCCC2. The van der Waals surface area contributed by atoms with Gasteiger partial charge in [0.05, 0.1) is 34.6 Å². The van der Waals surface area contributed by atoms with Gasteiger partial charge in [-0.2, -0.15) is 0 Å². The number of ether oxygens (including phenoxy) is 1. The van der Waals surface area contributed by atoms with Gasteiger partial charge in [-0.05, 0) is 42.2 Å². The average molecular weight is 352 g/mol. The van der Waals surface area contributed by atoms with Crippen molar-refractivity contribution in [1.82, 2.24) is 9.97 Å². The summed E-state index contributed by atoms with van der Waals surface area (Å²) >= 11 is 1.53. The summed E-state index contributed by atoms with van der Waals surface area (Å²) in [6.45, 7) is 0.696. The van der Waals surface area contributed by atoms with Crippen LogP contribution < -0.4 is 15.8 Å². The Morgan fingerprint density at radius 2 is 2.20 bits per heavy atom. The number of carbonyl (C=O) groups excluding carboxylic acids is 1. The summed E-state index contributed by atoms with van der Waals surface area (Å²) in [7, 11) is 0. The van der Waals surface area contributed by atoms with Crippen LogP contribution in [0.2, 0.25) is 0 Å². The van der Waals surface area contributed by atoms with Gasteiger partial charge in [-0.1, -0.05) is 6.07 Å². The van der Waals surface area contributed by atoms with Crippen LogP contribution in [0.15, 0.2) is 42.2 Å². The highest BCUT2D eigenvalue weighted by Crippen LogP contribution is 2.30. The Balaban J connectivity index is 1.59. The number of nitrogens with two attached hydrogens (primary N) is 1. The summed E-state index contributed by atoms with van der Waals surface area (Å²) in [6.07, 6.45) is 5.23. The van der Waals surface area contributed by atoms with Crippen molar-refractivity contribution in [3.8, 4) is 16.2 Å². The predicted octanol–water partition coefficient (Wildman–Crippen LogP) is 3.36. The fourth-order valence-corrected chi connectivity index (χ4v) is 3.36. The van der Waals surface area contributed by atoms with E-state index in [1.807, 2.05) is 12.1 Å². The molecule has 6 nitrogen and oxygen atoms in total. The number of carbonyl (C=O) groups is 1. The second kappa shape index (κ2) is 6.52. The first kappa shape index (κ1) is 15.6. The Hall–Kier alpha value is -2.93. The molecule has 3 N–H and O–H groups in total. The van der Waals surface area contributed by atoms with Crippen molar-refractivity contribution < 1.29 is 9.53 Å². The van der Waals surface area contributed by atoms with Crippen LogP contribution in [-0.4, -0.2) is 22.5 Å². The van der Waals surface area contributed by atoms with E-state index in [9.17, 15) is 4.79 Å². The quantitative estimate of drug-likeness (QED) is 0.705. The molecule has 0 fully saturated rings. The second-order valence-corrected chi connectivity index (χ2v) is 6.64. The third-order valence-electron chi connectivity index (χ3n) is 4.05. The normalized spacial score (nSPS) is 13.0. The summed E-state index contributed by atoms with van der Waals surface area (Å²) in [5.41, 5.74) is 11.2. The van der Waals surface area contributed by atoms with Crippen molar-refractivity contribution in [3.05, 3.63) is 53.4 Å². The van der Waals surface area contributed by atoms with Crippen molar-refractivity contribution in [1.29, 1.82) is 0 Å². The topological polar surface area (TPSA) is 90.1 Å². The molecule has 3 heterocycles. The fraction of sp³-hybridized carbons (Fsp3) is 0.167. The molecule has 0 radical (unpaired) electrons. The van der Waals surface area contributed by atoms with Crippen molar-refractivity contribution in [2.75, 3.05) is 17.7 Å². The molecule has 0 aliphatic carbocycles. The van der Waals surface area contributed by atoms with Gasteiger partial charge in [0, 0.05) is 6.20 Å². The van der Waals surface area contributed by atoms with Gasteiger partial charge in [-0.25, -0.2) is 4.98 Å². The number of benzene rings is 1. The monoisotopic (exact) mass is 352 g/mol. The van der Waals surface area contributed by atoms with Gasteiger partial charge < -0.3 is 15.8 Å². The average Bonchev–Trinajstić information content (AvgIpc) is 3.18. The minimum atomic E-state index is -0.290. The van der Waals surface area contributed by atoms with Crippen LogP contribution >= 0.6 is 11.3 Å². The number of anilines is 2. The highest BCUT2D eigenvalue weighted by Gasteiger charge is 2.16. The van der Waals surface area contributed by atoms with E-state index in [1.54, 1.807) is 30.0 Å². The van der Waals surface area contributed by atoms with E-state index < -0.39 is 0 Å². The van der Waals surface area contributed by atoms with Crippen LogP contribution in [0.25, 0.3) is 10.4 Å². The standard InChI is InChI=1S/C18H16N4O2S/c19-13-4-3-12(17-9-20-10-25-17)7-14(13)22-18(23)15-6-11-2-1-5-24-16(11)8-21-15/h3-4,6-10H,1-2,5,19H2,(H,22,23). The number of nitrogens with one attached hydrogen (secondary N) is 1. The van der Waals surface area contributed by atoms with Gasteiger partial charge in [0.2, 0.25) is 0 Å². The molecule has 0 bridgehead atoms. The number of hydrogen-bond donors (Lipinski definition) is 2. The number of nitrogen functional groups attached to an aromatic ring is 1. The summed E-state index contributed by atoms with van der Waals surface area (Å²) in [4.78, 5) is 21.9. The fourth-order valence-electron chi connectivity index (χ4n) is 2.74. The molecule has 2 aromatic heterocycles. The van der Waals surface area contributed by atoms with E-state index in [2.05, 4.69) is 15.3 Å². The lowest BCUT2D eigenvalue weighted by atomic mass is 10.1. The van der Waals surface area contributed by atoms with E-state index in [1.165, 1.54) is 11.3 Å². The highest BCUT2D eigenvalue weighted by molar-refractivity contribution is 7.13. The van der Waals surface area contributed by atoms with Crippen LogP contribution in [0.3, 0.4) is 0 Å². The van der Waals surface area contributed by atoms with Crippen LogP contribution in [-0.2, 0) is 6.42 Å². The van der Waals surface area contributed by atoms with Gasteiger partial charge in [0.1, 0.15) is 11.4 Å². The van der Waals surface area contributed by atoms with Gasteiger partial charge in [0.15, 0.2) is 0 Å². The molecule has 4 rings (SSSR count). The van der Waals surface area contributed by atoms with Crippen LogP contribution in [0.1, 0.15) is 22.5 Å². The molecule has 0 saturated heterocycles. The van der Waals surface area contributed by atoms with Crippen molar-refractivity contribution in [2.45, 2.75) is 12.8 Å². The smallest absolute Gasteiger partial charge is 0.274 e. The zero-order valence-electron chi connectivity index (χ0n) is 13.4. The summed E-state index contributed by atoms with van der Waals surface area (Å²) in [6, 6.07) is 7.32. The predicted molar refractivity (Wildman–Crippen MR) is 98.0 cm³/mol. The Labute approximate surface area is 148 Å². The third kappa shape index (κ3) is 3.18. The maximum Gasteiger partial charge on any atom is 0.274 e. The molecule has 0 atom stereocenters. The van der Waals surface area contributed by atoms with Crippen LogP contribution in [0.5, 0.6) is 5.75 Å². The number of fused-ring (bicyclic) bond motifs is 1. The van der Waals surface area contributed by atoms with Crippen LogP contribution in [0, 0.1) is 0 Å². The summed E-state index contributed by atoms with van der Waals surface area (Å²) in [5, 5.41) is 2.85. The lowest BCUT2D eigenvalue weighted by Gasteiger charge is -2.17. The van der Waals surface area contributed by atoms with Gasteiger partial charge in [-0.15, -0.1) is 11.3 Å². The van der Waals surface area contributed by atoms with Crippen molar-refractivity contribution in [2.24, 2.45) is 0 Å². The number of pyridine rings is 1. The van der Waals surface area contributed by atoms with Crippen molar-refractivity contribution >= 4 is 28.6 Å². The molecule has 25 heavy (non-hydrogen) atoms. The minimum Gasteiger partial charge on any atom is -0.492 e. The number of amides is 1. The molecule has 1 aliphatic heterocycles. The molecule has 0 unspecified atom stereocenters. The van der Waals surface area contributed by atoms with Crippen LogP contribution in [0.4, 0.5) is 11.4 Å². The van der Waals surface area contributed by atoms with Crippen molar-refractivity contribution in [3.63, 3.8) is 0 Å². The number of thiazole rings is 1. The highest BCUT2D eigenvalue weighted by atomic mass is 32.1. The summed E-state index contributed by atoms with van der Waals surface area (Å²) < 4.78 is 5.53. The molecule has 1 aromatic carbocycles. The Morgan fingerprint density at radius 3 is 3.04 bits per heavy atom. The maximum atomic E-state index is 12.6. The Bertz CT molecular complexity index is 925. The number of aromatic nitrogens is 2. The first-order valence-corrected chi connectivity index (χ1v) is 8.80. The Morgan fingerprint density at radius 1 is 1.28 bits per heavy atom. The zero-order chi connectivity index (χ0) is 17.2.